The minimum Gasteiger partial charge on any atom is -0.462 e. The van der Waals surface area contributed by atoms with Gasteiger partial charge in [-0.3, -0.25) is 9.59 Å². The van der Waals surface area contributed by atoms with Gasteiger partial charge in [-0.1, -0.05) is 32.9 Å². The number of carbonyl (C=O) groups excluding carboxylic acids is 2. The van der Waals surface area contributed by atoms with E-state index in [-0.39, 0.29) is 28.8 Å². The summed E-state index contributed by atoms with van der Waals surface area (Å²) in [5.41, 5.74) is 0.369. The number of ketones is 1. The summed E-state index contributed by atoms with van der Waals surface area (Å²) in [7, 11) is 0. The zero-order chi connectivity index (χ0) is 20.1. The third-order valence-corrected chi connectivity index (χ3v) is 9.41. The molecule has 3 fully saturated rings. The van der Waals surface area contributed by atoms with Crippen LogP contribution in [0.4, 0.5) is 0 Å². The second kappa shape index (κ2) is 7.29. The number of esters is 1. The molecule has 0 radical (unpaired) electrons. The lowest BCUT2D eigenvalue weighted by Gasteiger charge is -2.59. The maximum Gasteiger partial charge on any atom is 0.306 e. The summed E-state index contributed by atoms with van der Waals surface area (Å²) in [5.74, 6) is 2.96. The Hall–Kier alpha value is -1.12. The number of fused-ring (bicyclic) bond motifs is 5. The lowest BCUT2D eigenvalue weighted by molar-refractivity contribution is -0.158. The van der Waals surface area contributed by atoms with Crippen LogP contribution >= 0.6 is 0 Å². The molecule has 4 aliphatic rings. The summed E-state index contributed by atoms with van der Waals surface area (Å²) in [6.45, 7) is 8.97. The van der Waals surface area contributed by atoms with Crippen LogP contribution in [0.2, 0.25) is 0 Å². The third-order valence-electron chi connectivity index (χ3n) is 9.41. The van der Waals surface area contributed by atoms with Crippen LogP contribution in [0.1, 0.15) is 85.5 Å². The van der Waals surface area contributed by atoms with Crippen molar-refractivity contribution >= 4 is 11.8 Å². The summed E-state index contributed by atoms with van der Waals surface area (Å²) >= 11 is 0. The largest absolute Gasteiger partial charge is 0.462 e. The first-order valence-electron chi connectivity index (χ1n) is 11.7. The molecule has 28 heavy (non-hydrogen) atoms. The SMILES string of the molecule is CCCC(=O)O[C@H](C)[C@H]1CC[C@H]2[C@@H]3CC(=O)[C@H]4CC=CC[C@]4(C)[C@H]3CC[C@]12C. The van der Waals surface area contributed by atoms with E-state index in [1.165, 1.54) is 19.3 Å². The van der Waals surface area contributed by atoms with Crippen LogP contribution in [0.25, 0.3) is 0 Å². The number of ether oxygens (including phenoxy) is 1. The molecule has 0 bridgehead atoms. The third kappa shape index (κ3) is 2.99. The maximum atomic E-state index is 13.1. The van der Waals surface area contributed by atoms with E-state index < -0.39 is 0 Å². The Labute approximate surface area is 170 Å². The quantitative estimate of drug-likeness (QED) is 0.458. The maximum absolute atomic E-state index is 13.1. The molecule has 0 N–H and O–H groups in total. The lowest BCUT2D eigenvalue weighted by atomic mass is 9.45. The normalized spacial score (nSPS) is 45.7. The van der Waals surface area contributed by atoms with Gasteiger partial charge in [0.25, 0.3) is 0 Å². The van der Waals surface area contributed by atoms with Gasteiger partial charge in [-0.2, -0.15) is 0 Å². The molecule has 0 amide bonds. The Morgan fingerprint density at radius 3 is 2.68 bits per heavy atom. The van der Waals surface area contributed by atoms with Gasteiger partial charge in [0.2, 0.25) is 0 Å². The lowest BCUT2D eigenvalue weighted by Crippen LogP contribution is -2.55. The second-order valence-corrected chi connectivity index (χ2v) is 10.7. The molecule has 0 aromatic carbocycles. The average Bonchev–Trinajstić information content (AvgIpc) is 2.99. The van der Waals surface area contributed by atoms with E-state index in [2.05, 4.69) is 32.9 Å². The van der Waals surface area contributed by atoms with Gasteiger partial charge in [-0.15, -0.1) is 0 Å². The van der Waals surface area contributed by atoms with Crippen LogP contribution in [0.3, 0.4) is 0 Å². The van der Waals surface area contributed by atoms with Gasteiger partial charge in [-0.25, -0.2) is 0 Å². The molecule has 4 rings (SSSR count). The smallest absolute Gasteiger partial charge is 0.306 e. The number of allylic oxidation sites excluding steroid dienone is 2. The fraction of sp³-hybridized carbons (Fsp3) is 0.840. The van der Waals surface area contributed by atoms with Crippen molar-refractivity contribution in [2.24, 2.45) is 40.4 Å². The van der Waals surface area contributed by atoms with Crippen molar-refractivity contribution in [3.63, 3.8) is 0 Å². The molecule has 0 spiro atoms. The van der Waals surface area contributed by atoms with Gasteiger partial charge in [-0.05, 0) is 80.5 Å². The Bertz CT molecular complexity index is 667. The van der Waals surface area contributed by atoms with E-state index in [1.807, 2.05) is 6.92 Å². The monoisotopic (exact) mass is 386 g/mol. The highest BCUT2D eigenvalue weighted by molar-refractivity contribution is 5.83. The summed E-state index contributed by atoms with van der Waals surface area (Å²) in [4.78, 5) is 25.2. The van der Waals surface area contributed by atoms with E-state index in [9.17, 15) is 9.59 Å². The zero-order valence-electron chi connectivity index (χ0n) is 18.2. The minimum atomic E-state index is -0.0482. The van der Waals surface area contributed by atoms with Gasteiger partial charge in [0.1, 0.15) is 11.9 Å². The van der Waals surface area contributed by atoms with Gasteiger partial charge in [0, 0.05) is 24.7 Å². The summed E-state index contributed by atoms with van der Waals surface area (Å²) in [5, 5.41) is 0. The molecule has 8 atom stereocenters. The van der Waals surface area contributed by atoms with Crippen LogP contribution in [-0.4, -0.2) is 17.9 Å². The predicted molar refractivity (Wildman–Crippen MR) is 111 cm³/mol. The highest BCUT2D eigenvalue weighted by Crippen LogP contribution is 2.66. The first kappa shape index (κ1) is 20.2. The molecule has 3 nitrogen and oxygen atoms in total. The van der Waals surface area contributed by atoms with E-state index >= 15 is 0 Å². The molecular weight excluding hydrogens is 348 g/mol. The highest BCUT2D eigenvalue weighted by atomic mass is 16.5. The Morgan fingerprint density at radius 2 is 1.93 bits per heavy atom. The molecule has 156 valence electrons. The standard InChI is InChI=1S/C25H38O3/c1-5-8-23(27)28-16(2)18-10-11-19-17-15-22(26)21-9-6-7-13-24(21,3)20(17)12-14-25(18,19)4/h6-7,16-21H,5,8-15H2,1-4H3/t16-,17+,18-,19+,20+,21-,24-,25-/m1/s1. The van der Waals surface area contributed by atoms with Gasteiger partial charge in [0.15, 0.2) is 0 Å². The number of hydrogen-bond acceptors (Lipinski definition) is 3. The van der Waals surface area contributed by atoms with Crippen LogP contribution in [0.15, 0.2) is 12.2 Å². The van der Waals surface area contributed by atoms with E-state index in [4.69, 9.17) is 4.74 Å². The zero-order valence-corrected chi connectivity index (χ0v) is 18.2. The topological polar surface area (TPSA) is 43.4 Å². The van der Waals surface area contributed by atoms with Crippen molar-refractivity contribution in [1.82, 2.24) is 0 Å². The Kier molecular flexibility index (Phi) is 5.25. The van der Waals surface area contributed by atoms with Crippen molar-refractivity contribution in [3.8, 4) is 0 Å². The summed E-state index contributed by atoms with van der Waals surface area (Å²) < 4.78 is 5.84. The first-order valence-corrected chi connectivity index (χ1v) is 11.7. The number of hydrogen-bond donors (Lipinski definition) is 0. The molecule has 0 heterocycles. The van der Waals surface area contributed by atoms with Crippen LogP contribution in [-0.2, 0) is 14.3 Å². The minimum absolute atomic E-state index is 0.00848. The average molecular weight is 387 g/mol. The molecule has 0 aromatic rings. The van der Waals surface area contributed by atoms with Crippen molar-refractivity contribution < 1.29 is 14.3 Å². The molecular formula is C25H38O3. The molecule has 0 saturated heterocycles. The fourth-order valence-corrected chi connectivity index (χ4v) is 8.02. The van der Waals surface area contributed by atoms with Gasteiger partial charge >= 0.3 is 5.97 Å². The number of carbonyl (C=O) groups is 2. The molecule has 3 heteroatoms. The Balaban J connectivity index is 1.55. The van der Waals surface area contributed by atoms with Gasteiger partial charge < -0.3 is 4.74 Å². The molecule has 0 aliphatic heterocycles. The predicted octanol–water partition coefficient (Wildman–Crippen LogP) is 5.72. The van der Waals surface area contributed by atoms with E-state index in [0.29, 0.717) is 35.9 Å². The van der Waals surface area contributed by atoms with Gasteiger partial charge in [0.05, 0.1) is 0 Å². The highest BCUT2D eigenvalue weighted by Gasteiger charge is 2.62. The molecule has 4 aliphatic carbocycles. The van der Waals surface area contributed by atoms with Crippen LogP contribution in [0, 0.1) is 40.4 Å². The summed E-state index contributed by atoms with van der Waals surface area (Å²) in [6.07, 6.45) is 13.5. The van der Waals surface area contributed by atoms with E-state index in [0.717, 1.165) is 32.1 Å². The fourth-order valence-electron chi connectivity index (χ4n) is 8.02. The van der Waals surface area contributed by atoms with Crippen molar-refractivity contribution in [3.05, 3.63) is 12.2 Å². The molecule has 0 aromatic heterocycles. The van der Waals surface area contributed by atoms with E-state index in [1.54, 1.807) is 0 Å². The molecule has 3 saturated carbocycles. The van der Waals surface area contributed by atoms with Crippen molar-refractivity contribution in [1.29, 1.82) is 0 Å². The summed E-state index contributed by atoms with van der Waals surface area (Å²) in [6, 6.07) is 0. The van der Waals surface area contributed by atoms with Crippen LogP contribution in [0.5, 0.6) is 0 Å². The van der Waals surface area contributed by atoms with Crippen molar-refractivity contribution in [2.45, 2.75) is 91.6 Å². The second-order valence-electron chi connectivity index (χ2n) is 10.7. The number of Topliss-reactive ketones (excluding diaryl/α,β-unsaturated/α-hetero) is 1. The van der Waals surface area contributed by atoms with Crippen LogP contribution < -0.4 is 0 Å². The Morgan fingerprint density at radius 1 is 1.18 bits per heavy atom. The molecule has 0 unspecified atom stereocenters. The van der Waals surface area contributed by atoms with Crippen molar-refractivity contribution in [2.75, 3.05) is 0 Å². The number of rotatable bonds is 4. The first-order chi connectivity index (χ1) is 13.3.